The Morgan fingerprint density at radius 1 is 1.29 bits per heavy atom. The van der Waals surface area contributed by atoms with Crippen molar-refractivity contribution in [3.8, 4) is 0 Å². The zero-order valence-electron chi connectivity index (χ0n) is 13.3. The van der Waals surface area contributed by atoms with Gasteiger partial charge in [-0.1, -0.05) is 40.0 Å². The SMILES string of the molecule is CCC(C)(O)C(C)C(OS(=O)(=O)c1ccccc1)P(C)C. The molecule has 1 N–H and O–H groups in total. The summed E-state index contributed by atoms with van der Waals surface area (Å²) in [6.45, 7) is 9.37. The van der Waals surface area contributed by atoms with Crippen molar-refractivity contribution in [3.63, 3.8) is 0 Å². The van der Waals surface area contributed by atoms with E-state index in [4.69, 9.17) is 4.18 Å². The lowest BCUT2D eigenvalue weighted by atomic mass is 9.89. The van der Waals surface area contributed by atoms with Gasteiger partial charge in [-0.25, -0.2) is 0 Å². The molecule has 6 heteroatoms. The fourth-order valence-electron chi connectivity index (χ4n) is 2.02. The van der Waals surface area contributed by atoms with Gasteiger partial charge >= 0.3 is 0 Å². The number of aliphatic hydroxyl groups is 1. The largest absolute Gasteiger partial charge is 0.390 e. The molecule has 0 fully saturated rings. The van der Waals surface area contributed by atoms with Crippen LogP contribution >= 0.6 is 7.92 Å². The van der Waals surface area contributed by atoms with Crippen molar-refractivity contribution in [2.24, 2.45) is 5.92 Å². The van der Waals surface area contributed by atoms with Gasteiger partial charge in [-0.2, -0.15) is 8.42 Å². The Kier molecular flexibility index (Phi) is 6.36. The molecule has 0 aliphatic rings. The first kappa shape index (κ1) is 18.6. The zero-order valence-corrected chi connectivity index (χ0v) is 15.0. The molecule has 0 spiro atoms. The molecular formula is C15H25O4PS. The Hall–Kier alpha value is -0.480. The van der Waals surface area contributed by atoms with Gasteiger partial charge in [0, 0.05) is 5.92 Å². The van der Waals surface area contributed by atoms with Crippen LogP contribution in [-0.4, -0.2) is 38.3 Å². The van der Waals surface area contributed by atoms with Crippen molar-refractivity contribution < 1.29 is 17.7 Å². The minimum atomic E-state index is -3.81. The molecule has 1 aromatic carbocycles. The van der Waals surface area contributed by atoms with Gasteiger partial charge in [-0.15, -0.1) is 0 Å². The molecule has 0 radical (unpaired) electrons. The lowest BCUT2D eigenvalue weighted by Crippen LogP contribution is -2.40. The van der Waals surface area contributed by atoms with Crippen LogP contribution in [0.25, 0.3) is 0 Å². The van der Waals surface area contributed by atoms with Crippen molar-refractivity contribution >= 4 is 18.0 Å². The first-order valence-electron chi connectivity index (χ1n) is 6.99. The van der Waals surface area contributed by atoms with E-state index in [-0.39, 0.29) is 10.8 Å². The highest BCUT2D eigenvalue weighted by molar-refractivity contribution is 7.87. The normalized spacial score (nSPS) is 18.2. The van der Waals surface area contributed by atoms with Crippen LogP contribution in [-0.2, 0) is 14.3 Å². The second-order valence-corrected chi connectivity index (χ2v) is 9.73. The Balaban J connectivity index is 3.05. The topological polar surface area (TPSA) is 63.6 Å². The van der Waals surface area contributed by atoms with Crippen LogP contribution in [0, 0.1) is 5.92 Å². The summed E-state index contributed by atoms with van der Waals surface area (Å²) in [5.74, 6) is -0.790. The van der Waals surface area contributed by atoms with Crippen LogP contribution < -0.4 is 0 Å². The third kappa shape index (κ3) is 4.75. The average molecular weight is 332 g/mol. The number of hydrogen-bond acceptors (Lipinski definition) is 4. The Morgan fingerprint density at radius 2 is 1.81 bits per heavy atom. The molecule has 0 bridgehead atoms. The molecule has 4 nitrogen and oxygen atoms in total. The van der Waals surface area contributed by atoms with Crippen LogP contribution in [0.1, 0.15) is 27.2 Å². The molecule has 0 aliphatic heterocycles. The van der Waals surface area contributed by atoms with E-state index in [1.807, 2.05) is 27.2 Å². The highest BCUT2D eigenvalue weighted by Gasteiger charge is 2.38. The third-order valence-corrected chi connectivity index (χ3v) is 6.91. The Labute approximate surface area is 129 Å². The van der Waals surface area contributed by atoms with Gasteiger partial charge in [0.2, 0.25) is 0 Å². The van der Waals surface area contributed by atoms with E-state index in [2.05, 4.69) is 0 Å². The fraction of sp³-hybridized carbons (Fsp3) is 0.600. The van der Waals surface area contributed by atoms with Crippen molar-refractivity contribution in [3.05, 3.63) is 30.3 Å². The summed E-state index contributed by atoms with van der Waals surface area (Å²) in [7, 11) is -4.50. The van der Waals surface area contributed by atoms with Gasteiger partial charge in [0.15, 0.2) is 0 Å². The Morgan fingerprint density at radius 3 is 2.24 bits per heavy atom. The van der Waals surface area contributed by atoms with E-state index in [0.29, 0.717) is 6.42 Å². The van der Waals surface area contributed by atoms with Gasteiger partial charge in [0.25, 0.3) is 10.1 Å². The van der Waals surface area contributed by atoms with E-state index in [1.165, 1.54) is 12.1 Å². The Bertz CT molecular complexity index is 540. The monoisotopic (exact) mass is 332 g/mol. The van der Waals surface area contributed by atoms with Crippen LogP contribution in [0.4, 0.5) is 0 Å². The molecular weight excluding hydrogens is 307 g/mol. The maximum absolute atomic E-state index is 12.4. The predicted octanol–water partition coefficient (Wildman–Crippen LogP) is 3.26. The average Bonchev–Trinajstić information content (AvgIpc) is 2.44. The second kappa shape index (κ2) is 7.19. The van der Waals surface area contributed by atoms with Gasteiger partial charge in [-0.3, -0.25) is 4.18 Å². The molecule has 0 amide bonds. The first-order chi connectivity index (χ1) is 9.62. The smallest absolute Gasteiger partial charge is 0.297 e. The maximum atomic E-state index is 12.4. The number of benzene rings is 1. The molecule has 120 valence electrons. The summed E-state index contributed by atoms with van der Waals surface area (Å²) >= 11 is 0. The third-order valence-electron chi connectivity index (χ3n) is 3.89. The summed E-state index contributed by atoms with van der Waals surface area (Å²) in [6.07, 6.45) is 0.544. The minimum Gasteiger partial charge on any atom is -0.390 e. The van der Waals surface area contributed by atoms with Gasteiger partial charge in [0.1, 0.15) is 5.85 Å². The van der Waals surface area contributed by atoms with Crippen molar-refractivity contribution in [1.82, 2.24) is 0 Å². The van der Waals surface area contributed by atoms with Gasteiger partial charge < -0.3 is 5.11 Å². The number of hydrogen-bond donors (Lipinski definition) is 1. The molecule has 0 aliphatic carbocycles. The van der Waals surface area contributed by atoms with Crippen molar-refractivity contribution in [2.75, 3.05) is 13.3 Å². The van der Waals surface area contributed by atoms with Gasteiger partial charge in [0.05, 0.1) is 10.5 Å². The molecule has 0 heterocycles. The minimum absolute atomic E-state index is 0.148. The predicted molar refractivity (Wildman–Crippen MR) is 87.3 cm³/mol. The highest BCUT2D eigenvalue weighted by Crippen LogP contribution is 2.44. The van der Waals surface area contributed by atoms with Crippen LogP contribution in [0.2, 0.25) is 0 Å². The summed E-state index contributed by atoms with van der Waals surface area (Å²) in [5.41, 5.74) is -0.955. The first-order valence-corrected chi connectivity index (χ1v) is 10.7. The lowest BCUT2D eigenvalue weighted by Gasteiger charge is -2.36. The van der Waals surface area contributed by atoms with Gasteiger partial charge in [-0.05, 0) is 38.8 Å². The van der Waals surface area contributed by atoms with E-state index < -0.39 is 29.5 Å². The molecule has 3 unspecified atom stereocenters. The van der Waals surface area contributed by atoms with E-state index in [0.717, 1.165) is 0 Å². The quantitative estimate of drug-likeness (QED) is 0.615. The van der Waals surface area contributed by atoms with E-state index in [9.17, 15) is 13.5 Å². The maximum Gasteiger partial charge on any atom is 0.297 e. The lowest BCUT2D eigenvalue weighted by molar-refractivity contribution is -0.0229. The summed E-state index contributed by atoms with van der Waals surface area (Å²) in [4.78, 5) is 0.148. The van der Waals surface area contributed by atoms with Crippen molar-refractivity contribution in [1.29, 1.82) is 0 Å². The van der Waals surface area contributed by atoms with Crippen LogP contribution in [0.15, 0.2) is 35.2 Å². The molecule has 3 atom stereocenters. The fourth-order valence-corrected chi connectivity index (χ4v) is 5.29. The molecule has 0 saturated carbocycles. The standard InChI is InChI=1S/C15H25O4PS/c1-6-15(3,16)12(2)14(20(4)5)19-21(17,18)13-10-8-7-9-11-13/h7-12,14,16H,6H2,1-5H3. The molecule has 1 rings (SSSR count). The molecule has 1 aromatic rings. The number of rotatable bonds is 7. The van der Waals surface area contributed by atoms with E-state index >= 15 is 0 Å². The van der Waals surface area contributed by atoms with E-state index in [1.54, 1.807) is 25.1 Å². The molecule has 0 saturated heterocycles. The second-order valence-electron chi connectivity index (χ2n) is 5.72. The van der Waals surface area contributed by atoms with Crippen LogP contribution in [0.3, 0.4) is 0 Å². The molecule has 0 aromatic heterocycles. The summed E-state index contributed by atoms with van der Waals surface area (Å²) in [5, 5.41) is 10.4. The van der Waals surface area contributed by atoms with Crippen LogP contribution in [0.5, 0.6) is 0 Å². The molecule has 21 heavy (non-hydrogen) atoms. The summed E-state index contributed by atoms with van der Waals surface area (Å²) < 4.78 is 30.2. The highest BCUT2D eigenvalue weighted by atomic mass is 32.2. The zero-order chi connectivity index (χ0) is 16.3. The van der Waals surface area contributed by atoms with Crippen molar-refractivity contribution in [2.45, 2.75) is 43.5 Å². The summed E-state index contributed by atoms with van der Waals surface area (Å²) in [6, 6.07) is 8.12.